The zero-order valence-electron chi connectivity index (χ0n) is 13.0. The van der Waals surface area contributed by atoms with Gasteiger partial charge in [0.15, 0.2) is 0 Å². The molecule has 0 spiro atoms. The molecule has 6 heteroatoms. The van der Waals surface area contributed by atoms with Crippen LogP contribution in [-0.2, 0) is 16.1 Å². The summed E-state index contributed by atoms with van der Waals surface area (Å²) in [7, 11) is 0. The molecule has 1 aromatic carbocycles. The minimum absolute atomic E-state index is 0.0786. The van der Waals surface area contributed by atoms with E-state index in [-0.39, 0.29) is 12.5 Å². The average molecular weight is 324 g/mol. The molecular formula is C18H16N2O4. The van der Waals surface area contributed by atoms with Gasteiger partial charge in [-0.2, -0.15) is 0 Å². The summed E-state index contributed by atoms with van der Waals surface area (Å²) in [5.74, 6) is -1.35. The summed E-state index contributed by atoms with van der Waals surface area (Å²) in [6, 6.07) is 12.5. The fourth-order valence-electron chi connectivity index (χ4n) is 3.53. The summed E-state index contributed by atoms with van der Waals surface area (Å²) >= 11 is 0. The van der Waals surface area contributed by atoms with Gasteiger partial charge in [-0.05, 0) is 30.5 Å². The van der Waals surface area contributed by atoms with Gasteiger partial charge in [0.25, 0.3) is 11.8 Å². The maximum atomic E-state index is 12.9. The first-order valence-electron chi connectivity index (χ1n) is 7.90. The van der Waals surface area contributed by atoms with Crippen LogP contribution < -0.4 is 0 Å². The monoisotopic (exact) mass is 324 g/mol. The first-order valence-corrected chi connectivity index (χ1v) is 7.90. The predicted molar refractivity (Wildman–Crippen MR) is 84.3 cm³/mol. The van der Waals surface area contributed by atoms with E-state index in [0.29, 0.717) is 25.1 Å². The van der Waals surface area contributed by atoms with Gasteiger partial charge < -0.3 is 9.64 Å². The van der Waals surface area contributed by atoms with Crippen molar-refractivity contribution >= 4 is 17.8 Å². The van der Waals surface area contributed by atoms with Crippen molar-refractivity contribution < 1.29 is 19.1 Å². The molecule has 1 saturated heterocycles. The zero-order chi connectivity index (χ0) is 16.7. The molecule has 2 aliphatic heterocycles. The lowest BCUT2D eigenvalue weighted by molar-refractivity contribution is -0.154. The third-order valence-electron chi connectivity index (χ3n) is 4.72. The van der Waals surface area contributed by atoms with Crippen LogP contribution >= 0.6 is 0 Å². The highest BCUT2D eigenvalue weighted by Crippen LogP contribution is 2.37. The van der Waals surface area contributed by atoms with Crippen LogP contribution in [-0.4, -0.2) is 39.3 Å². The molecule has 2 aliphatic rings. The quantitative estimate of drug-likeness (QED) is 0.638. The molecule has 0 saturated carbocycles. The number of nitrogens with zero attached hydrogens (tertiary/aromatic N) is 2. The summed E-state index contributed by atoms with van der Waals surface area (Å²) in [5.41, 5.74) is -0.394. The number of rotatable bonds is 3. The Bertz CT molecular complexity index is 827. The standard InChI is InChI=1S/C18H16N2O4/c21-15-14-8-4-10-19(14)16(22)18(9-5-11-20(15)18)17(23)24-12-13-6-2-1-3-7-13/h1-4,6-8,10H,5,9,11-12H2/t18-/m0/s1. The number of hydrogen-bond donors (Lipinski definition) is 0. The number of aromatic nitrogens is 1. The van der Waals surface area contributed by atoms with Gasteiger partial charge >= 0.3 is 5.97 Å². The Balaban J connectivity index is 1.66. The van der Waals surface area contributed by atoms with Gasteiger partial charge in [0.2, 0.25) is 5.54 Å². The third-order valence-corrected chi connectivity index (χ3v) is 4.72. The van der Waals surface area contributed by atoms with E-state index in [9.17, 15) is 14.4 Å². The minimum Gasteiger partial charge on any atom is -0.459 e. The highest BCUT2D eigenvalue weighted by molar-refractivity contribution is 6.17. The lowest BCUT2D eigenvalue weighted by atomic mass is 9.92. The normalized spacial score (nSPS) is 22.2. The minimum atomic E-state index is -1.53. The lowest BCUT2D eigenvalue weighted by Gasteiger charge is -2.38. The largest absolute Gasteiger partial charge is 0.459 e. The van der Waals surface area contributed by atoms with Crippen molar-refractivity contribution in [1.82, 2.24) is 9.47 Å². The predicted octanol–water partition coefficient (Wildman–Crippen LogP) is 1.86. The Hall–Kier alpha value is -2.89. The van der Waals surface area contributed by atoms with E-state index < -0.39 is 17.4 Å². The summed E-state index contributed by atoms with van der Waals surface area (Å²) in [4.78, 5) is 39.8. The Kier molecular flexibility index (Phi) is 3.26. The number of benzene rings is 1. The van der Waals surface area contributed by atoms with Crippen molar-refractivity contribution in [2.24, 2.45) is 0 Å². The van der Waals surface area contributed by atoms with Gasteiger partial charge in [-0.25, -0.2) is 4.79 Å². The molecule has 6 nitrogen and oxygen atoms in total. The molecule has 1 aromatic heterocycles. The molecule has 3 heterocycles. The highest BCUT2D eigenvalue weighted by Gasteiger charge is 2.60. The Morgan fingerprint density at radius 2 is 1.92 bits per heavy atom. The molecule has 0 aliphatic carbocycles. The summed E-state index contributed by atoms with van der Waals surface area (Å²) in [5, 5.41) is 0. The molecule has 2 aromatic rings. The smallest absolute Gasteiger partial charge is 0.342 e. The number of fused-ring (bicyclic) bond motifs is 2. The first-order chi connectivity index (χ1) is 11.6. The van der Waals surface area contributed by atoms with E-state index in [1.54, 1.807) is 12.1 Å². The van der Waals surface area contributed by atoms with E-state index in [1.165, 1.54) is 15.7 Å². The Morgan fingerprint density at radius 1 is 1.12 bits per heavy atom. The van der Waals surface area contributed by atoms with Gasteiger partial charge in [0.1, 0.15) is 12.3 Å². The Morgan fingerprint density at radius 3 is 2.71 bits per heavy atom. The first kappa shape index (κ1) is 14.7. The van der Waals surface area contributed by atoms with Crippen molar-refractivity contribution in [3.63, 3.8) is 0 Å². The fourth-order valence-corrected chi connectivity index (χ4v) is 3.53. The van der Waals surface area contributed by atoms with Crippen LogP contribution in [0.15, 0.2) is 48.7 Å². The number of carbonyl (C=O) groups is 3. The fraction of sp³-hybridized carbons (Fsp3) is 0.278. The zero-order valence-corrected chi connectivity index (χ0v) is 13.0. The van der Waals surface area contributed by atoms with Crippen LogP contribution in [0.25, 0.3) is 0 Å². The van der Waals surface area contributed by atoms with Crippen LogP contribution in [0.1, 0.15) is 33.7 Å². The molecule has 1 atom stereocenters. The maximum absolute atomic E-state index is 12.9. The molecule has 0 bridgehead atoms. The van der Waals surface area contributed by atoms with Crippen LogP contribution in [0.5, 0.6) is 0 Å². The van der Waals surface area contributed by atoms with Gasteiger partial charge in [0.05, 0.1) is 0 Å². The van der Waals surface area contributed by atoms with Crippen molar-refractivity contribution in [3.05, 3.63) is 59.9 Å². The summed E-state index contributed by atoms with van der Waals surface area (Å²) < 4.78 is 6.69. The van der Waals surface area contributed by atoms with Crippen molar-refractivity contribution in [1.29, 1.82) is 0 Å². The second-order valence-corrected chi connectivity index (χ2v) is 6.05. The highest BCUT2D eigenvalue weighted by atomic mass is 16.5. The van der Waals surface area contributed by atoms with Crippen LogP contribution in [0.2, 0.25) is 0 Å². The van der Waals surface area contributed by atoms with Crippen LogP contribution in [0, 0.1) is 0 Å². The molecule has 0 N–H and O–H groups in total. The molecule has 122 valence electrons. The van der Waals surface area contributed by atoms with Crippen molar-refractivity contribution in [2.45, 2.75) is 25.0 Å². The van der Waals surface area contributed by atoms with E-state index >= 15 is 0 Å². The number of carbonyl (C=O) groups excluding carboxylic acids is 3. The molecule has 0 unspecified atom stereocenters. The number of ether oxygens (including phenoxy) is 1. The van der Waals surface area contributed by atoms with Gasteiger partial charge in [-0.1, -0.05) is 30.3 Å². The molecule has 0 radical (unpaired) electrons. The van der Waals surface area contributed by atoms with E-state index in [1.807, 2.05) is 30.3 Å². The van der Waals surface area contributed by atoms with Gasteiger partial charge in [-0.15, -0.1) is 0 Å². The summed E-state index contributed by atoms with van der Waals surface area (Å²) in [6.07, 6.45) is 2.42. The molecule has 4 rings (SSSR count). The summed E-state index contributed by atoms with van der Waals surface area (Å²) in [6.45, 7) is 0.464. The average Bonchev–Trinajstić information content (AvgIpc) is 3.26. The Labute approximate surface area is 138 Å². The lowest BCUT2D eigenvalue weighted by Crippen LogP contribution is -2.64. The molecule has 1 amide bonds. The van der Waals surface area contributed by atoms with Crippen LogP contribution in [0.4, 0.5) is 0 Å². The maximum Gasteiger partial charge on any atom is 0.342 e. The van der Waals surface area contributed by atoms with Crippen LogP contribution in [0.3, 0.4) is 0 Å². The van der Waals surface area contributed by atoms with E-state index in [0.717, 1.165) is 5.56 Å². The van der Waals surface area contributed by atoms with Gasteiger partial charge in [-0.3, -0.25) is 14.2 Å². The molecule has 1 fully saturated rings. The van der Waals surface area contributed by atoms with E-state index in [2.05, 4.69) is 0 Å². The van der Waals surface area contributed by atoms with Gasteiger partial charge in [0, 0.05) is 12.7 Å². The number of amides is 1. The molecule has 24 heavy (non-hydrogen) atoms. The van der Waals surface area contributed by atoms with Crippen molar-refractivity contribution in [3.8, 4) is 0 Å². The van der Waals surface area contributed by atoms with Crippen molar-refractivity contribution in [2.75, 3.05) is 6.54 Å². The number of hydrogen-bond acceptors (Lipinski definition) is 4. The second-order valence-electron chi connectivity index (χ2n) is 6.05. The third kappa shape index (κ3) is 1.92. The second kappa shape index (κ2) is 5.33. The van der Waals surface area contributed by atoms with E-state index in [4.69, 9.17) is 4.74 Å². The SMILES string of the molecule is O=C1c2cccn2C(=O)[C@]2(C(=O)OCc3ccccc3)CCCN12. The number of esters is 1. The topological polar surface area (TPSA) is 68.6 Å². The molecular weight excluding hydrogens is 308 g/mol.